The van der Waals surface area contributed by atoms with Gasteiger partial charge in [0, 0.05) is 31.1 Å². The molecule has 4 nitrogen and oxygen atoms in total. The molecule has 1 aromatic rings. The lowest BCUT2D eigenvalue weighted by Crippen LogP contribution is -2.46. The minimum atomic E-state index is -0.329. The number of rotatable bonds is 3. The van der Waals surface area contributed by atoms with Gasteiger partial charge in [-0.25, -0.2) is 4.39 Å². The Balaban J connectivity index is 1.95. The molecule has 5 heteroatoms. The molecule has 1 heterocycles. The summed E-state index contributed by atoms with van der Waals surface area (Å²) in [5.74, 6) is -0.341. The van der Waals surface area contributed by atoms with Gasteiger partial charge < -0.3 is 10.2 Å². The van der Waals surface area contributed by atoms with Gasteiger partial charge in [-0.2, -0.15) is 0 Å². The van der Waals surface area contributed by atoms with Crippen molar-refractivity contribution in [3.63, 3.8) is 0 Å². The number of carbonyl (C=O) groups excluding carboxylic acids is 2. The summed E-state index contributed by atoms with van der Waals surface area (Å²) in [5, 5.41) is 2.96. The maximum absolute atomic E-state index is 13.1. The van der Waals surface area contributed by atoms with Gasteiger partial charge in [-0.3, -0.25) is 9.59 Å². The summed E-state index contributed by atoms with van der Waals surface area (Å²) in [7, 11) is 0. The molecule has 0 unspecified atom stereocenters. The third-order valence-electron chi connectivity index (χ3n) is 3.89. The third kappa shape index (κ3) is 3.80. The van der Waals surface area contributed by atoms with Crippen LogP contribution in [0.2, 0.25) is 0 Å². The summed E-state index contributed by atoms with van der Waals surface area (Å²) in [5.41, 5.74) is 1.20. The van der Waals surface area contributed by atoms with Crippen molar-refractivity contribution >= 4 is 11.8 Å². The number of amides is 2. The molecule has 1 aliphatic heterocycles. The Hall–Kier alpha value is -1.91. The van der Waals surface area contributed by atoms with Crippen molar-refractivity contribution < 1.29 is 14.0 Å². The molecule has 0 aliphatic carbocycles. The predicted octanol–water partition coefficient (Wildman–Crippen LogP) is 2.26. The first-order valence-electron chi connectivity index (χ1n) is 7.36. The van der Waals surface area contributed by atoms with E-state index in [-0.39, 0.29) is 23.7 Å². The van der Waals surface area contributed by atoms with Gasteiger partial charge in [0.1, 0.15) is 5.82 Å². The zero-order valence-electron chi connectivity index (χ0n) is 12.5. The second-order valence-corrected chi connectivity index (χ2v) is 5.45. The van der Waals surface area contributed by atoms with Crippen LogP contribution < -0.4 is 5.32 Å². The molecule has 1 fully saturated rings. The summed E-state index contributed by atoms with van der Waals surface area (Å²) in [6, 6.07) is 4.38. The number of aryl methyl sites for hydroxylation is 1. The molecule has 1 aliphatic rings. The van der Waals surface area contributed by atoms with Crippen LogP contribution in [0, 0.1) is 12.7 Å². The molecule has 0 aromatic heterocycles. The van der Waals surface area contributed by atoms with Crippen molar-refractivity contribution in [2.45, 2.75) is 39.2 Å². The lowest BCUT2D eigenvalue weighted by Gasteiger charge is -2.32. The fourth-order valence-corrected chi connectivity index (χ4v) is 2.59. The van der Waals surface area contributed by atoms with Crippen LogP contribution in [-0.2, 0) is 4.79 Å². The number of hydrogen-bond donors (Lipinski definition) is 1. The standard InChI is InChI=1S/C16H21FN2O2/c1-3-15(20)18-13-6-8-19(9-7-13)16(21)14-5-4-12(17)10-11(14)2/h4-5,10,13H,3,6-9H2,1-2H3,(H,18,20). The van der Waals surface area contributed by atoms with E-state index in [9.17, 15) is 14.0 Å². The molecule has 1 saturated heterocycles. The van der Waals surface area contributed by atoms with E-state index in [1.54, 1.807) is 11.8 Å². The molecule has 0 saturated carbocycles. The summed E-state index contributed by atoms with van der Waals surface area (Å²) in [4.78, 5) is 25.6. The molecular weight excluding hydrogens is 271 g/mol. The van der Waals surface area contributed by atoms with Crippen LogP contribution in [0.25, 0.3) is 0 Å². The van der Waals surface area contributed by atoms with Gasteiger partial charge in [0.15, 0.2) is 0 Å². The average Bonchev–Trinajstić information content (AvgIpc) is 2.47. The molecule has 0 radical (unpaired) electrons. The van der Waals surface area contributed by atoms with Crippen LogP contribution in [0.5, 0.6) is 0 Å². The van der Waals surface area contributed by atoms with Crippen molar-refractivity contribution in [3.8, 4) is 0 Å². The summed E-state index contributed by atoms with van der Waals surface area (Å²) in [6.07, 6.45) is 2.00. The fraction of sp³-hybridized carbons (Fsp3) is 0.500. The van der Waals surface area contributed by atoms with Crippen molar-refractivity contribution in [1.82, 2.24) is 10.2 Å². The maximum atomic E-state index is 13.1. The van der Waals surface area contributed by atoms with Crippen LogP contribution in [0.4, 0.5) is 4.39 Å². The second-order valence-electron chi connectivity index (χ2n) is 5.45. The topological polar surface area (TPSA) is 49.4 Å². The number of benzene rings is 1. The molecule has 21 heavy (non-hydrogen) atoms. The highest BCUT2D eigenvalue weighted by molar-refractivity contribution is 5.95. The smallest absolute Gasteiger partial charge is 0.254 e. The van der Waals surface area contributed by atoms with Crippen LogP contribution in [0.15, 0.2) is 18.2 Å². The number of piperidine rings is 1. The monoisotopic (exact) mass is 292 g/mol. The Morgan fingerprint density at radius 3 is 2.57 bits per heavy atom. The zero-order chi connectivity index (χ0) is 15.4. The van der Waals surface area contributed by atoms with E-state index < -0.39 is 0 Å². The molecule has 1 N–H and O–H groups in total. The Bertz CT molecular complexity index is 537. The van der Waals surface area contributed by atoms with Crippen LogP contribution in [0.3, 0.4) is 0 Å². The molecular formula is C16H21FN2O2. The van der Waals surface area contributed by atoms with Gasteiger partial charge in [0.2, 0.25) is 5.91 Å². The predicted molar refractivity (Wildman–Crippen MR) is 78.5 cm³/mol. The first-order valence-corrected chi connectivity index (χ1v) is 7.36. The molecule has 1 aromatic carbocycles. The Labute approximate surface area is 124 Å². The van der Waals surface area contributed by atoms with Crippen LogP contribution in [0.1, 0.15) is 42.1 Å². The number of nitrogens with zero attached hydrogens (tertiary/aromatic N) is 1. The van der Waals surface area contributed by atoms with E-state index in [0.29, 0.717) is 30.6 Å². The Morgan fingerprint density at radius 1 is 1.33 bits per heavy atom. The lowest BCUT2D eigenvalue weighted by atomic mass is 10.0. The molecule has 0 atom stereocenters. The van der Waals surface area contributed by atoms with E-state index in [1.165, 1.54) is 18.2 Å². The number of halogens is 1. The Kier molecular flexibility index (Phi) is 4.94. The number of carbonyl (C=O) groups is 2. The van der Waals surface area contributed by atoms with Crippen molar-refractivity contribution in [1.29, 1.82) is 0 Å². The second kappa shape index (κ2) is 6.70. The van der Waals surface area contributed by atoms with Gasteiger partial charge in [-0.05, 0) is 43.5 Å². The van der Waals surface area contributed by atoms with Crippen LogP contribution >= 0.6 is 0 Å². The van der Waals surface area contributed by atoms with Crippen molar-refractivity contribution in [2.24, 2.45) is 0 Å². The summed E-state index contributed by atoms with van der Waals surface area (Å²) >= 11 is 0. The minimum Gasteiger partial charge on any atom is -0.353 e. The van der Waals surface area contributed by atoms with Crippen LogP contribution in [-0.4, -0.2) is 35.8 Å². The molecule has 2 amide bonds. The molecule has 0 bridgehead atoms. The van der Waals surface area contributed by atoms with E-state index in [4.69, 9.17) is 0 Å². The molecule has 114 valence electrons. The SMILES string of the molecule is CCC(=O)NC1CCN(C(=O)c2ccc(F)cc2C)CC1. The van der Waals surface area contributed by atoms with E-state index in [0.717, 1.165) is 12.8 Å². The zero-order valence-corrected chi connectivity index (χ0v) is 12.5. The quantitative estimate of drug-likeness (QED) is 0.929. The first-order chi connectivity index (χ1) is 10.0. The van der Waals surface area contributed by atoms with Gasteiger partial charge in [0.25, 0.3) is 5.91 Å². The van der Waals surface area contributed by atoms with E-state index in [2.05, 4.69) is 5.32 Å². The van der Waals surface area contributed by atoms with Gasteiger partial charge >= 0.3 is 0 Å². The van der Waals surface area contributed by atoms with Gasteiger partial charge in [0.05, 0.1) is 0 Å². The minimum absolute atomic E-state index is 0.0501. The van der Waals surface area contributed by atoms with Gasteiger partial charge in [-0.1, -0.05) is 6.92 Å². The van der Waals surface area contributed by atoms with Crippen molar-refractivity contribution in [2.75, 3.05) is 13.1 Å². The lowest BCUT2D eigenvalue weighted by molar-refractivity contribution is -0.121. The number of hydrogen-bond acceptors (Lipinski definition) is 2. The highest BCUT2D eigenvalue weighted by Gasteiger charge is 2.25. The first kappa shape index (κ1) is 15.5. The summed E-state index contributed by atoms with van der Waals surface area (Å²) in [6.45, 7) is 4.80. The molecule has 2 rings (SSSR count). The third-order valence-corrected chi connectivity index (χ3v) is 3.89. The average molecular weight is 292 g/mol. The van der Waals surface area contributed by atoms with Gasteiger partial charge in [-0.15, -0.1) is 0 Å². The van der Waals surface area contributed by atoms with Crippen molar-refractivity contribution in [3.05, 3.63) is 35.1 Å². The largest absolute Gasteiger partial charge is 0.353 e. The number of nitrogens with one attached hydrogen (secondary N) is 1. The van der Waals surface area contributed by atoms with E-state index in [1.807, 2.05) is 6.92 Å². The summed E-state index contributed by atoms with van der Waals surface area (Å²) < 4.78 is 13.1. The Morgan fingerprint density at radius 2 is 2.00 bits per heavy atom. The highest BCUT2D eigenvalue weighted by atomic mass is 19.1. The normalized spacial score (nSPS) is 15.9. The number of likely N-dealkylation sites (tertiary alicyclic amines) is 1. The van der Waals surface area contributed by atoms with E-state index >= 15 is 0 Å². The highest BCUT2D eigenvalue weighted by Crippen LogP contribution is 2.17. The molecule has 0 spiro atoms. The fourth-order valence-electron chi connectivity index (χ4n) is 2.59. The maximum Gasteiger partial charge on any atom is 0.254 e.